The molecule has 1 aromatic heterocycles. The summed E-state index contributed by atoms with van der Waals surface area (Å²) in [4.78, 5) is 15.0. The lowest BCUT2D eigenvalue weighted by Gasteiger charge is -2.32. The quantitative estimate of drug-likeness (QED) is 0.609. The third kappa shape index (κ3) is 4.44. The van der Waals surface area contributed by atoms with E-state index in [-0.39, 0.29) is 17.8 Å². The number of halogens is 1. The standard InChI is InChI=1S/C24H26FN3O2/c1-2-23-22(16-26-28(23)20-10-8-19(25)9-11-20)24(29)27-14-12-21(13-15-27)30-17-18-6-4-3-5-7-18/h3-11,16,21H,2,12-15,17H2,1H3. The first-order valence-corrected chi connectivity index (χ1v) is 10.4. The molecule has 2 aromatic carbocycles. The summed E-state index contributed by atoms with van der Waals surface area (Å²) in [5, 5.41) is 4.40. The Morgan fingerprint density at radius 3 is 2.47 bits per heavy atom. The molecule has 156 valence electrons. The molecule has 30 heavy (non-hydrogen) atoms. The van der Waals surface area contributed by atoms with Gasteiger partial charge in [-0.15, -0.1) is 0 Å². The van der Waals surface area contributed by atoms with Crippen LogP contribution in [0.25, 0.3) is 5.69 Å². The van der Waals surface area contributed by atoms with Crippen molar-refractivity contribution < 1.29 is 13.9 Å². The van der Waals surface area contributed by atoms with Crippen LogP contribution < -0.4 is 0 Å². The Kier molecular flexibility index (Phi) is 6.23. The first-order valence-electron chi connectivity index (χ1n) is 10.4. The van der Waals surface area contributed by atoms with Crippen LogP contribution in [0, 0.1) is 5.82 Å². The highest BCUT2D eigenvalue weighted by molar-refractivity contribution is 5.95. The molecule has 0 atom stereocenters. The minimum absolute atomic E-state index is 0.00159. The second kappa shape index (κ2) is 9.22. The second-order valence-corrected chi connectivity index (χ2v) is 7.53. The highest BCUT2D eigenvalue weighted by Gasteiger charge is 2.27. The van der Waals surface area contributed by atoms with Gasteiger partial charge in [-0.1, -0.05) is 37.3 Å². The largest absolute Gasteiger partial charge is 0.373 e. The van der Waals surface area contributed by atoms with Crippen LogP contribution in [0.1, 0.15) is 41.4 Å². The number of amides is 1. The number of benzene rings is 2. The zero-order chi connectivity index (χ0) is 20.9. The van der Waals surface area contributed by atoms with Crippen LogP contribution in [0.4, 0.5) is 4.39 Å². The number of hydrogen-bond donors (Lipinski definition) is 0. The molecule has 3 aromatic rings. The van der Waals surface area contributed by atoms with Gasteiger partial charge in [-0.25, -0.2) is 9.07 Å². The van der Waals surface area contributed by atoms with Crippen molar-refractivity contribution in [2.75, 3.05) is 13.1 Å². The molecule has 1 aliphatic rings. The van der Waals surface area contributed by atoms with E-state index in [1.165, 1.54) is 12.1 Å². The summed E-state index contributed by atoms with van der Waals surface area (Å²) in [6, 6.07) is 16.3. The molecule has 0 unspecified atom stereocenters. The summed E-state index contributed by atoms with van der Waals surface area (Å²) in [6.45, 7) is 3.94. The maximum atomic E-state index is 13.2. The number of likely N-dealkylation sites (tertiary alicyclic amines) is 1. The lowest BCUT2D eigenvalue weighted by atomic mass is 10.1. The summed E-state index contributed by atoms with van der Waals surface area (Å²) < 4.78 is 21.0. The van der Waals surface area contributed by atoms with E-state index in [0.717, 1.165) is 29.8 Å². The van der Waals surface area contributed by atoms with Crippen molar-refractivity contribution >= 4 is 5.91 Å². The monoisotopic (exact) mass is 407 g/mol. The van der Waals surface area contributed by atoms with Gasteiger partial charge >= 0.3 is 0 Å². The van der Waals surface area contributed by atoms with E-state index in [1.54, 1.807) is 23.0 Å². The van der Waals surface area contributed by atoms with Gasteiger partial charge in [0.05, 0.1) is 35.9 Å². The maximum Gasteiger partial charge on any atom is 0.257 e. The normalized spacial score (nSPS) is 14.8. The van der Waals surface area contributed by atoms with Crippen LogP contribution in [0.15, 0.2) is 60.8 Å². The molecule has 2 heterocycles. The molecule has 1 saturated heterocycles. The van der Waals surface area contributed by atoms with Crippen molar-refractivity contribution in [3.8, 4) is 5.69 Å². The fourth-order valence-electron chi connectivity index (χ4n) is 3.88. The Bertz CT molecular complexity index is 977. The highest BCUT2D eigenvalue weighted by atomic mass is 19.1. The summed E-state index contributed by atoms with van der Waals surface area (Å²) in [5.74, 6) is -0.292. The molecule has 0 aliphatic carbocycles. The molecule has 4 rings (SSSR count). The van der Waals surface area contributed by atoms with Gasteiger partial charge in [0.1, 0.15) is 5.82 Å². The number of carbonyl (C=O) groups is 1. The van der Waals surface area contributed by atoms with Crippen molar-refractivity contribution in [3.63, 3.8) is 0 Å². The molecule has 1 aliphatic heterocycles. The second-order valence-electron chi connectivity index (χ2n) is 7.53. The molecule has 5 nitrogen and oxygen atoms in total. The Morgan fingerprint density at radius 2 is 1.80 bits per heavy atom. The number of ether oxygens (including phenoxy) is 1. The van der Waals surface area contributed by atoms with Gasteiger partial charge in [0.2, 0.25) is 0 Å². The van der Waals surface area contributed by atoms with Gasteiger partial charge < -0.3 is 9.64 Å². The van der Waals surface area contributed by atoms with Crippen LogP contribution in [-0.4, -0.2) is 39.8 Å². The van der Waals surface area contributed by atoms with Crippen molar-refractivity contribution in [1.82, 2.24) is 14.7 Å². The van der Waals surface area contributed by atoms with Crippen molar-refractivity contribution in [1.29, 1.82) is 0 Å². The van der Waals surface area contributed by atoms with E-state index in [2.05, 4.69) is 17.2 Å². The molecule has 0 N–H and O–H groups in total. The van der Waals surface area contributed by atoms with E-state index in [0.29, 0.717) is 31.7 Å². The SMILES string of the molecule is CCc1c(C(=O)N2CCC(OCc3ccccc3)CC2)cnn1-c1ccc(F)cc1. The highest BCUT2D eigenvalue weighted by Crippen LogP contribution is 2.21. The summed E-state index contributed by atoms with van der Waals surface area (Å²) >= 11 is 0. The fourth-order valence-corrected chi connectivity index (χ4v) is 3.88. The van der Waals surface area contributed by atoms with Crippen LogP contribution >= 0.6 is 0 Å². The molecule has 0 saturated carbocycles. The van der Waals surface area contributed by atoms with E-state index in [1.807, 2.05) is 30.0 Å². The average Bonchev–Trinajstić information content (AvgIpc) is 3.23. The number of nitrogens with zero attached hydrogens (tertiary/aromatic N) is 3. The minimum Gasteiger partial charge on any atom is -0.373 e. The van der Waals surface area contributed by atoms with Crippen molar-refractivity contribution in [2.45, 2.75) is 38.9 Å². The average molecular weight is 407 g/mol. The Labute approximate surface area is 176 Å². The van der Waals surface area contributed by atoms with E-state index >= 15 is 0 Å². The molecular formula is C24H26FN3O2. The van der Waals surface area contributed by atoms with Crippen LogP contribution in [0.3, 0.4) is 0 Å². The van der Waals surface area contributed by atoms with Crippen LogP contribution in [0.5, 0.6) is 0 Å². The van der Waals surface area contributed by atoms with Gasteiger partial charge in [-0.3, -0.25) is 4.79 Å². The van der Waals surface area contributed by atoms with Gasteiger partial charge in [0.15, 0.2) is 0 Å². The smallest absolute Gasteiger partial charge is 0.257 e. The first kappa shape index (κ1) is 20.3. The summed E-state index contributed by atoms with van der Waals surface area (Å²) in [5.41, 5.74) is 3.37. The van der Waals surface area contributed by atoms with Gasteiger partial charge in [0, 0.05) is 13.1 Å². The Morgan fingerprint density at radius 1 is 1.10 bits per heavy atom. The third-order valence-electron chi connectivity index (χ3n) is 5.56. The topological polar surface area (TPSA) is 47.4 Å². The predicted octanol–water partition coefficient (Wildman–Crippen LogP) is 4.40. The summed E-state index contributed by atoms with van der Waals surface area (Å²) in [7, 11) is 0. The molecule has 0 radical (unpaired) electrons. The minimum atomic E-state index is -0.294. The lowest BCUT2D eigenvalue weighted by molar-refractivity contribution is -0.000401. The molecule has 0 bridgehead atoms. The third-order valence-corrected chi connectivity index (χ3v) is 5.56. The maximum absolute atomic E-state index is 13.2. The van der Waals surface area contributed by atoms with Crippen LogP contribution in [-0.2, 0) is 17.8 Å². The number of aromatic nitrogens is 2. The van der Waals surface area contributed by atoms with E-state index in [9.17, 15) is 9.18 Å². The van der Waals surface area contributed by atoms with Gasteiger partial charge in [-0.2, -0.15) is 5.10 Å². The molecule has 0 spiro atoms. The van der Waals surface area contributed by atoms with Crippen LogP contribution in [0.2, 0.25) is 0 Å². The molecule has 6 heteroatoms. The number of piperidine rings is 1. The zero-order valence-electron chi connectivity index (χ0n) is 17.1. The van der Waals surface area contributed by atoms with E-state index < -0.39 is 0 Å². The zero-order valence-corrected chi connectivity index (χ0v) is 17.1. The van der Waals surface area contributed by atoms with Crippen molar-refractivity contribution in [3.05, 3.63) is 83.4 Å². The Balaban J connectivity index is 1.39. The predicted molar refractivity (Wildman–Crippen MR) is 113 cm³/mol. The molecule has 1 fully saturated rings. The number of hydrogen-bond acceptors (Lipinski definition) is 3. The lowest BCUT2D eigenvalue weighted by Crippen LogP contribution is -2.41. The van der Waals surface area contributed by atoms with Gasteiger partial charge in [0.25, 0.3) is 5.91 Å². The van der Waals surface area contributed by atoms with Gasteiger partial charge in [-0.05, 0) is 49.1 Å². The van der Waals surface area contributed by atoms with E-state index in [4.69, 9.17) is 4.74 Å². The fraction of sp³-hybridized carbons (Fsp3) is 0.333. The Hall–Kier alpha value is -2.99. The molecule has 1 amide bonds. The summed E-state index contributed by atoms with van der Waals surface area (Å²) in [6.07, 6.45) is 4.11. The first-order chi connectivity index (χ1) is 14.7. The molecular weight excluding hydrogens is 381 g/mol. The number of carbonyl (C=O) groups excluding carboxylic acids is 1. The van der Waals surface area contributed by atoms with Crippen molar-refractivity contribution in [2.24, 2.45) is 0 Å². The number of rotatable bonds is 6.